The maximum absolute atomic E-state index is 12.8. The van der Waals surface area contributed by atoms with Crippen LogP contribution in [0.15, 0.2) is 42.6 Å². The Bertz CT molecular complexity index is 1170. The maximum Gasteiger partial charge on any atom is 0.269 e. The molecule has 10 heteroatoms. The Morgan fingerprint density at radius 3 is 1.37 bits per heavy atom. The Balaban J connectivity index is 1.13. The van der Waals surface area contributed by atoms with E-state index in [9.17, 15) is 19.2 Å². The van der Waals surface area contributed by atoms with Gasteiger partial charge in [-0.3, -0.25) is 24.2 Å². The van der Waals surface area contributed by atoms with E-state index >= 15 is 0 Å². The summed E-state index contributed by atoms with van der Waals surface area (Å²) in [6, 6.07) is 10.2. The van der Waals surface area contributed by atoms with E-state index in [1.54, 1.807) is 42.6 Å². The SMILES string of the molecule is CC(=O)NCC1CCC(CNC(=O)c2cccc(C(=O)NCC3CCC(CNC(=O)c4ccccn4)CC3)n2)CC1. The third kappa shape index (κ3) is 9.65. The molecule has 0 bridgehead atoms. The lowest BCUT2D eigenvalue weighted by molar-refractivity contribution is -0.119. The molecule has 0 radical (unpaired) electrons. The molecule has 10 nitrogen and oxygen atoms in total. The van der Waals surface area contributed by atoms with Gasteiger partial charge in [-0.05, 0) is 99.3 Å². The lowest BCUT2D eigenvalue weighted by atomic mass is 9.82. The minimum atomic E-state index is -0.276. The van der Waals surface area contributed by atoms with Gasteiger partial charge in [0.2, 0.25) is 5.91 Å². The van der Waals surface area contributed by atoms with Crippen molar-refractivity contribution in [1.29, 1.82) is 0 Å². The van der Waals surface area contributed by atoms with Crippen molar-refractivity contribution in [2.24, 2.45) is 23.7 Å². The Labute approximate surface area is 241 Å². The van der Waals surface area contributed by atoms with Crippen LogP contribution in [0.4, 0.5) is 0 Å². The first-order valence-corrected chi connectivity index (χ1v) is 14.8. The van der Waals surface area contributed by atoms with Crippen LogP contribution in [0.25, 0.3) is 0 Å². The molecule has 0 aromatic carbocycles. The van der Waals surface area contributed by atoms with Crippen molar-refractivity contribution in [3.8, 4) is 0 Å². The van der Waals surface area contributed by atoms with Gasteiger partial charge in [0.15, 0.2) is 0 Å². The van der Waals surface area contributed by atoms with Crippen LogP contribution in [0.1, 0.15) is 89.8 Å². The van der Waals surface area contributed by atoms with E-state index in [1.165, 1.54) is 6.92 Å². The summed E-state index contributed by atoms with van der Waals surface area (Å²) in [5.41, 5.74) is 0.907. The normalized spacial score (nSPS) is 22.3. The minimum Gasteiger partial charge on any atom is -0.356 e. The van der Waals surface area contributed by atoms with Crippen molar-refractivity contribution < 1.29 is 19.2 Å². The Hall–Kier alpha value is -3.82. The number of hydrogen-bond acceptors (Lipinski definition) is 6. The number of carbonyl (C=O) groups excluding carboxylic acids is 4. The second-order valence-corrected chi connectivity index (χ2v) is 11.5. The predicted octanol–water partition coefficient (Wildman–Crippen LogP) is 3.12. The maximum atomic E-state index is 12.8. The topological polar surface area (TPSA) is 142 Å². The average Bonchev–Trinajstić information content (AvgIpc) is 3.01. The van der Waals surface area contributed by atoms with Gasteiger partial charge in [0.1, 0.15) is 17.1 Å². The van der Waals surface area contributed by atoms with Crippen molar-refractivity contribution in [2.45, 2.75) is 58.3 Å². The number of amides is 4. The molecule has 2 aliphatic rings. The quantitative estimate of drug-likeness (QED) is 0.332. The fourth-order valence-corrected chi connectivity index (χ4v) is 5.74. The van der Waals surface area contributed by atoms with Gasteiger partial charge in [0.05, 0.1) is 0 Å². The van der Waals surface area contributed by atoms with Gasteiger partial charge in [-0.2, -0.15) is 0 Å². The zero-order valence-electron chi connectivity index (χ0n) is 23.9. The number of nitrogens with zero attached hydrogens (tertiary/aromatic N) is 2. The van der Waals surface area contributed by atoms with Gasteiger partial charge in [0, 0.05) is 39.3 Å². The third-order valence-electron chi connectivity index (χ3n) is 8.34. The smallest absolute Gasteiger partial charge is 0.269 e. The van der Waals surface area contributed by atoms with Crippen molar-refractivity contribution in [1.82, 2.24) is 31.2 Å². The molecule has 4 rings (SSSR count). The van der Waals surface area contributed by atoms with Crippen LogP contribution in [0.3, 0.4) is 0 Å². The van der Waals surface area contributed by atoms with Crippen LogP contribution < -0.4 is 21.3 Å². The fraction of sp³-hybridized carbons (Fsp3) is 0.548. The molecule has 0 atom stereocenters. The number of aromatic nitrogens is 2. The van der Waals surface area contributed by atoms with Crippen LogP contribution in [-0.2, 0) is 4.79 Å². The van der Waals surface area contributed by atoms with Gasteiger partial charge in [-0.25, -0.2) is 4.98 Å². The molecule has 4 N–H and O–H groups in total. The molecule has 2 heterocycles. The van der Waals surface area contributed by atoms with Crippen LogP contribution in [0.5, 0.6) is 0 Å². The average molecular weight is 563 g/mol. The highest BCUT2D eigenvalue weighted by molar-refractivity contribution is 5.96. The number of carbonyl (C=O) groups is 4. The third-order valence-corrected chi connectivity index (χ3v) is 8.34. The Kier molecular flexibility index (Phi) is 11.2. The van der Waals surface area contributed by atoms with Gasteiger partial charge in [-0.15, -0.1) is 0 Å². The summed E-state index contributed by atoms with van der Waals surface area (Å²) < 4.78 is 0. The molecule has 0 saturated heterocycles. The molecule has 0 aliphatic heterocycles. The van der Waals surface area contributed by atoms with E-state index in [-0.39, 0.29) is 35.0 Å². The fourth-order valence-electron chi connectivity index (χ4n) is 5.74. The number of rotatable bonds is 11. The van der Waals surface area contributed by atoms with Crippen molar-refractivity contribution in [2.75, 3.05) is 26.2 Å². The largest absolute Gasteiger partial charge is 0.356 e. The molecular formula is C31H42N6O4. The summed E-state index contributed by atoms with van der Waals surface area (Å²) in [4.78, 5) is 57.3. The molecule has 41 heavy (non-hydrogen) atoms. The summed E-state index contributed by atoms with van der Waals surface area (Å²) in [6.45, 7) is 4.04. The first kappa shape index (κ1) is 30.1. The highest BCUT2D eigenvalue weighted by Crippen LogP contribution is 2.29. The summed E-state index contributed by atoms with van der Waals surface area (Å²) >= 11 is 0. The molecular weight excluding hydrogens is 520 g/mol. The minimum absolute atomic E-state index is 0.00587. The summed E-state index contributed by atoms with van der Waals surface area (Å²) in [5.74, 6) is 1.02. The standard InChI is InChI=1S/C31H42N6O4/c1-21(38)33-17-22-8-10-24(11-9-22)19-35-30(40)27-6-4-7-28(37-27)31(41)36-20-25-14-12-23(13-15-25)18-34-29(39)26-5-2-3-16-32-26/h2-7,16,22-25H,8-15,17-20H2,1H3,(H,33,38)(H,34,39)(H,35,40)(H,36,41). The molecule has 2 aliphatic carbocycles. The highest BCUT2D eigenvalue weighted by Gasteiger charge is 2.24. The van der Waals surface area contributed by atoms with E-state index in [0.29, 0.717) is 49.0 Å². The van der Waals surface area contributed by atoms with Gasteiger partial charge < -0.3 is 21.3 Å². The van der Waals surface area contributed by atoms with Gasteiger partial charge >= 0.3 is 0 Å². The molecule has 2 saturated carbocycles. The zero-order valence-corrected chi connectivity index (χ0v) is 23.9. The van der Waals surface area contributed by atoms with E-state index in [2.05, 4.69) is 31.2 Å². The van der Waals surface area contributed by atoms with Crippen molar-refractivity contribution in [3.63, 3.8) is 0 Å². The summed E-state index contributed by atoms with van der Waals surface area (Å²) in [7, 11) is 0. The Morgan fingerprint density at radius 1 is 0.585 bits per heavy atom. The van der Waals surface area contributed by atoms with Crippen LogP contribution in [0.2, 0.25) is 0 Å². The molecule has 0 unspecified atom stereocenters. The molecule has 0 spiro atoms. The van der Waals surface area contributed by atoms with E-state index < -0.39 is 0 Å². The summed E-state index contributed by atoms with van der Waals surface area (Å²) in [5, 5.41) is 11.8. The van der Waals surface area contributed by atoms with Gasteiger partial charge in [-0.1, -0.05) is 12.1 Å². The predicted molar refractivity (Wildman–Crippen MR) is 155 cm³/mol. The van der Waals surface area contributed by atoms with Gasteiger partial charge in [0.25, 0.3) is 17.7 Å². The van der Waals surface area contributed by atoms with Crippen LogP contribution in [-0.4, -0.2) is 59.8 Å². The van der Waals surface area contributed by atoms with E-state index in [0.717, 1.165) is 57.9 Å². The van der Waals surface area contributed by atoms with Crippen molar-refractivity contribution in [3.05, 3.63) is 59.7 Å². The van der Waals surface area contributed by atoms with Crippen molar-refractivity contribution >= 4 is 23.6 Å². The second-order valence-electron chi connectivity index (χ2n) is 11.5. The monoisotopic (exact) mass is 562 g/mol. The van der Waals surface area contributed by atoms with Crippen LogP contribution in [0, 0.1) is 23.7 Å². The lowest BCUT2D eigenvalue weighted by Gasteiger charge is -2.28. The number of pyridine rings is 2. The van der Waals surface area contributed by atoms with E-state index in [4.69, 9.17) is 0 Å². The first-order chi connectivity index (χ1) is 19.9. The lowest BCUT2D eigenvalue weighted by Crippen LogP contribution is -2.35. The van der Waals surface area contributed by atoms with E-state index in [1.807, 2.05) is 0 Å². The Morgan fingerprint density at radius 2 is 0.976 bits per heavy atom. The molecule has 2 aromatic heterocycles. The molecule has 4 amide bonds. The number of nitrogens with one attached hydrogen (secondary N) is 4. The molecule has 2 fully saturated rings. The second kappa shape index (κ2) is 15.3. The highest BCUT2D eigenvalue weighted by atomic mass is 16.2. The molecule has 220 valence electrons. The molecule has 2 aromatic rings. The first-order valence-electron chi connectivity index (χ1n) is 14.8. The zero-order chi connectivity index (χ0) is 29.0. The van der Waals surface area contributed by atoms with Crippen LogP contribution >= 0.6 is 0 Å². The number of hydrogen-bond donors (Lipinski definition) is 4. The summed E-state index contributed by atoms with van der Waals surface area (Å²) in [6.07, 6.45) is 9.68.